The van der Waals surface area contributed by atoms with Crippen LogP contribution >= 0.6 is 23.2 Å². The third-order valence-corrected chi connectivity index (χ3v) is 4.76. The quantitative estimate of drug-likeness (QED) is 0.279. The van der Waals surface area contributed by atoms with Crippen LogP contribution in [0, 0.1) is 5.41 Å². The molecule has 0 aliphatic rings. The Balaban J connectivity index is 2.53. The van der Waals surface area contributed by atoms with Gasteiger partial charge in [-0.3, -0.25) is 10.2 Å². The van der Waals surface area contributed by atoms with Crippen molar-refractivity contribution in [1.29, 1.82) is 0 Å². The zero-order valence-corrected chi connectivity index (χ0v) is 16.6. The highest BCUT2D eigenvalue weighted by Crippen LogP contribution is 2.38. The molecule has 2 rings (SSSR count). The summed E-state index contributed by atoms with van der Waals surface area (Å²) in [6.07, 6.45) is -4.71. The molecule has 0 radical (unpaired) electrons. The summed E-state index contributed by atoms with van der Waals surface area (Å²) < 4.78 is 78.6. The van der Waals surface area contributed by atoms with E-state index in [4.69, 9.17) is 23.2 Å². The largest absolute Gasteiger partial charge is 0.416 e. The number of nitrogens with one attached hydrogen (secondary N) is 1. The number of benzene rings is 2. The van der Waals surface area contributed by atoms with Gasteiger partial charge < -0.3 is 0 Å². The predicted octanol–water partition coefficient (Wildman–Crippen LogP) is 6.29. The molecule has 0 heterocycles. The number of hydrogen-bond acceptors (Lipinski definition) is 3. The van der Waals surface area contributed by atoms with Crippen molar-refractivity contribution in [2.24, 2.45) is 10.5 Å². The van der Waals surface area contributed by atoms with Crippen LogP contribution in [0.3, 0.4) is 0 Å². The van der Waals surface area contributed by atoms with Gasteiger partial charge in [0.2, 0.25) is 0 Å². The van der Waals surface area contributed by atoms with Gasteiger partial charge in [-0.2, -0.15) is 18.3 Å². The average Bonchev–Trinajstić information content (AvgIpc) is 2.71. The first kappa shape index (κ1) is 24.0. The van der Waals surface area contributed by atoms with Crippen LogP contribution in [0.25, 0.3) is 0 Å². The minimum atomic E-state index is -4.71. The van der Waals surface area contributed by atoms with E-state index >= 15 is 0 Å². The number of rotatable bonds is 8. The second kappa shape index (κ2) is 9.70. The molecule has 0 aliphatic heterocycles. The number of halogens is 8. The normalized spacial score (nSPS) is 12.7. The highest BCUT2D eigenvalue weighted by molar-refractivity contribution is 6.48. The molecule has 0 bridgehead atoms. The maximum atomic E-state index is 13.4. The molecule has 162 valence electrons. The van der Waals surface area contributed by atoms with Gasteiger partial charge in [-0.05, 0) is 12.1 Å². The van der Waals surface area contributed by atoms with Crippen molar-refractivity contribution in [3.63, 3.8) is 0 Å². The van der Waals surface area contributed by atoms with Gasteiger partial charge >= 0.3 is 6.18 Å². The van der Waals surface area contributed by atoms with Gasteiger partial charge in [-0.1, -0.05) is 53.5 Å². The number of Topliss-reactive ketones (excluding diaryl/α,β-unsaturated/α-hetero) is 1. The van der Waals surface area contributed by atoms with Crippen molar-refractivity contribution in [1.82, 2.24) is 0 Å². The molecular weight excluding hydrogens is 457 g/mol. The van der Waals surface area contributed by atoms with Gasteiger partial charge in [0.25, 0.3) is 0 Å². The highest BCUT2D eigenvalue weighted by Gasteiger charge is 2.42. The highest BCUT2D eigenvalue weighted by atomic mass is 35.5. The zero-order valence-electron chi connectivity index (χ0n) is 15.0. The van der Waals surface area contributed by atoms with Crippen molar-refractivity contribution >= 4 is 40.4 Å². The molecule has 0 saturated heterocycles. The number of hydrazone groups is 1. The summed E-state index contributed by atoms with van der Waals surface area (Å²) >= 11 is 11.7. The lowest BCUT2D eigenvalue weighted by Gasteiger charge is -2.23. The Morgan fingerprint density at radius 2 is 1.43 bits per heavy atom. The van der Waals surface area contributed by atoms with Gasteiger partial charge in [0, 0.05) is 5.56 Å². The van der Waals surface area contributed by atoms with Crippen LogP contribution in [0.5, 0.6) is 0 Å². The molecule has 0 amide bonds. The smallest absolute Gasteiger partial charge is 0.291 e. The number of carbonyl (C=O) groups excluding carboxylic acids is 1. The molecule has 0 aromatic heterocycles. The first-order chi connectivity index (χ1) is 14.1. The van der Waals surface area contributed by atoms with Gasteiger partial charge in [0.1, 0.15) is 31.2 Å². The SMILES string of the molecule is O=C(C(=NNc1c(Cl)cc(C(F)(F)F)cc1Cl)c1ccccc1)C(CF)(CF)CF. The molecule has 30 heavy (non-hydrogen) atoms. The van der Waals surface area contributed by atoms with E-state index in [9.17, 15) is 31.1 Å². The lowest BCUT2D eigenvalue weighted by molar-refractivity contribution is -0.137. The number of alkyl halides is 6. The van der Waals surface area contributed by atoms with Gasteiger partial charge in [-0.15, -0.1) is 0 Å². The number of carbonyl (C=O) groups is 1. The van der Waals surface area contributed by atoms with Gasteiger partial charge in [0.05, 0.1) is 21.3 Å². The molecule has 2 aromatic rings. The molecule has 0 fully saturated rings. The molecule has 3 nitrogen and oxygen atoms in total. The maximum absolute atomic E-state index is 13.4. The summed E-state index contributed by atoms with van der Waals surface area (Å²) in [6, 6.07) is 8.53. The third kappa shape index (κ3) is 5.07. The summed E-state index contributed by atoms with van der Waals surface area (Å²) in [4.78, 5) is 12.7. The Bertz CT molecular complexity index is 899. The fourth-order valence-corrected chi connectivity index (χ4v) is 2.91. The Morgan fingerprint density at radius 1 is 0.933 bits per heavy atom. The Kier molecular flexibility index (Phi) is 7.76. The van der Waals surface area contributed by atoms with Crippen molar-refractivity contribution < 1.29 is 31.1 Å². The standard InChI is InChI=1S/C19H14Cl2F6N2O/c20-13-6-12(19(25,26)27)7-14(21)16(13)29-28-15(11-4-2-1-3-5-11)17(30)18(8-22,9-23)10-24/h1-7,29H,8-10H2. The lowest BCUT2D eigenvalue weighted by atomic mass is 9.83. The van der Waals surface area contributed by atoms with Crippen LogP contribution in [0.4, 0.5) is 32.0 Å². The molecule has 2 aromatic carbocycles. The Labute approximate surface area is 177 Å². The fraction of sp³-hybridized carbons (Fsp3) is 0.263. The third-order valence-electron chi connectivity index (χ3n) is 4.16. The summed E-state index contributed by atoms with van der Waals surface area (Å²) in [5.41, 5.74) is -2.19. The molecule has 1 N–H and O–H groups in total. The van der Waals surface area contributed by atoms with E-state index in [0.717, 1.165) is 0 Å². The van der Waals surface area contributed by atoms with Crippen LogP contribution in [-0.4, -0.2) is 31.5 Å². The molecule has 11 heteroatoms. The number of hydrogen-bond donors (Lipinski definition) is 1. The molecule has 0 saturated carbocycles. The topological polar surface area (TPSA) is 41.5 Å². The summed E-state index contributed by atoms with van der Waals surface area (Å²) in [7, 11) is 0. The van der Waals surface area contributed by atoms with Crippen molar-refractivity contribution in [2.45, 2.75) is 6.18 Å². The van der Waals surface area contributed by atoms with Crippen LogP contribution < -0.4 is 5.43 Å². The minimum absolute atomic E-state index is 0.0916. The number of ketones is 1. The van der Waals surface area contributed by atoms with Gasteiger partial charge in [0.15, 0.2) is 5.78 Å². The van der Waals surface area contributed by atoms with Crippen LogP contribution in [0.1, 0.15) is 11.1 Å². The monoisotopic (exact) mass is 470 g/mol. The molecule has 0 aliphatic carbocycles. The zero-order chi connectivity index (χ0) is 22.5. The summed E-state index contributed by atoms with van der Waals surface area (Å²) in [5, 5.41) is 2.82. The van der Waals surface area contributed by atoms with E-state index in [0.29, 0.717) is 12.1 Å². The van der Waals surface area contributed by atoms with E-state index in [-0.39, 0.29) is 11.3 Å². The predicted molar refractivity (Wildman–Crippen MR) is 103 cm³/mol. The Morgan fingerprint density at radius 3 is 1.87 bits per heavy atom. The van der Waals surface area contributed by atoms with E-state index < -0.39 is 58.7 Å². The van der Waals surface area contributed by atoms with Crippen LogP contribution in [-0.2, 0) is 11.0 Å². The van der Waals surface area contributed by atoms with Crippen molar-refractivity contribution in [2.75, 3.05) is 25.4 Å². The summed E-state index contributed by atoms with van der Waals surface area (Å²) in [6.45, 7) is -4.86. The molecule has 0 spiro atoms. The second-order valence-electron chi connectivity index (χ2n) is 6.26. The summed E-state index contributed by atoms with van der Waals surface area (Å²) in [5.74, 6) is -1.27. The van der Waals surface area contributed by atoms with Crippen molar-refractivity contribution in [3.05, 3.63) is 63.6 Å². The maximum Gasteiger partial charge on any atom is 0.416 e. The minimum Gasteiger partial charge on any atom is -0.291 e. The Hall–Kier alpha value is -2.26. The van der Waals surface area contributed by atoms with E-state index in [1.54, 1.807) is 6.07 Å². The number of nitrogens with zero attached hydrogens (tertiary/aromatic N) is 1. The van der Waals surface area contributed by atoms with Crippen LogP contribution in [0.15, 0.2) is 47.6 Å². The van der Waals surface area contributed by atoms with Gasteiger partial charge in [-0.25, -0.2) is 13.2 Å². The molecule has 0 atom stereocenters. The second-order valence-corrected chi connectivity index (χ2v) is 7.08. The lowest BCUT2D eigenvalue weighted by Crippen LogP contribution is -2.43. The van der Waals surface area contributed by atoms with E-state index in [1.807, 2.05) is 0 Å². The van der Waals surface area contributed by atoms with Crippen LogP contribution in [0.2, 0.25) is 10.0 Å². The van der Waals surface area contributed by atoms with E-state index in [1.165, 1.54) is 24.3 Å². The first-order valence-corrected chi connectivity index (χ1v) is 9.03. The van der Waals surface area contributed by atoms with E-state index in [2.05, 4.69) is 10.5 Å². The number of anilines is 1. The fourth-order valence-electron chi connectivity index (χ4n) is 2.34. The molecule has 0 unspecified atom stereocenters. The molecular formula is C19H14Cl2F6N2O. The van der Waals surface area contributed by atoms with Crippen molar-refractivity contribution in [3.8, 4) is 0 Å². The average molecular weight is 471 g/mol. The first-order valence-electron chi connectivity index (χ1n) is 8.27.